The fourth-order valence-electron chi connectivity index (χ4n) is 1.56. The molecule has 5 nitrogen and oxygen atoms in total. The fraction of sp³-hybridized carbons (Fsp3) is 0.455. The van der Waals surface area contributed by atoms with Gasteiger partial charge in [-0.15, -0.1) is 0 Å². The van der Waals surface area contributed by atoms with Crippen LogP contribution in [0.5, 0.6) is 5.88 Å². The van der Waals surface area contributed by atoms with Crippen LogP contribution in [0, 0.1) is 0 Å². The average Bonchev–Trinajstić information content (AvgIpc) is 2.69. The predicted octanol–water partition coefficient (Wildman–Crippen LogP) is 2.01. The van der Waals surface area contributed by atoms with Crippen molar-refractivity contribution in [3.63, 3.8) is 0 Å². The highest BCUT2D eigenvalue weighted by molar-refractivity contribution is 5.71. The zero-order valence-corrected chi connectivity index (χ0v) is 10.2. The molecule has 0 spiro atoms. The van der Waals surface area contributed by atoms with Crippen molar-refractivity contribution >= 4 is 11.2 Å². The SMILES string of the molecule is CCOc1ccc2[nH]c(CNCC(F)(F)F)nc2n1. The van der Waals surface area contributed by atoms with Crippen LogP contribution in [0.2, 0.25) is 0 Å². The number of alkyl halides is 3. The molecule has 2 aromatic heterocycles. The fourth-order valence-corrected chi connectivity index (χ4v) is 1.56. The quantitative estimate of drug-likeness (QED) is 0.875. The number of rotatable bonds is 5. The van der Waals surface area contributed by atoms with Crippen LogP contribution in [0.25, 0.3) is 11.2 Å². The number of nitrogens with one attached hydrogen (secondary N) is 2. The first kappa shape index (κ1) is 13.6. The molecule has 8 heteroatoms. The molecule has 0 saturated heterocycles. The van der Waals surface area contributed by atoms with E-state index in [9.17, 15) is 13.2 Å². The number of nitrogens with zero attached hydrogens (tertiary/aromatic N) is 2. The van der Waals surface area contributed by atoms with Gasteiger partial charge in [0, 0.05) is 6.07 Å². The van der Waals surface area contributed by atoms with E-state index in [0.717, 1.165) is 0 Å². The lowest BCUT2D eigenvalue weighted by atomic mass is 10.4. The Morgan fingerprint density at radius 3 is 2.79 bits per heavy atom. The van der Waals surface area contributed by atoms with Crippen molar-refractivity contribution in [2.75, 3.05) is 13.2 Å². The summed E-state index contributed by atoms with van der Waals surface area (Å²) in [6, 6.07) is 3.41. The molecule has 2 N–H and O–H groups in total. The van der Waals surface area contributed by atoms with Crippen molar-refractivity contribution in [1.29, 1.82) is 0 Å². The second-order valence-corrected chi connectivity index (χ2v) is 3.86. The van der Waals surface area contributed by atoms with Crippen LogP contribution in [0.1, 0.15) is 12.7 Å². The van der Waals surface area contributed by atoms with Crippen molar-refractivity contribution in [1.82, 2.24) is 20.3 Å². The van der Waals surface area contributed by atoms with Gasteiger partial charge in [-0.3, -0.25) is 0 Å². The predicted molar refractivity (Wildman–Crippen MR) is 62.8 cm³/mol. The van der Waals surface area contributed by atoms with Gasteiger partial charge in [0.25, 0.3) is 0 Å². The van der Waals surface area contributed by atoms with Gasteiger partial charge >= 0.3 is 6.18 Å². The van der Waals surface area contributed by atoms with E-state index in [4.69, 9.17) is 4.74 Å². The summed E-state index contributed by atoms with van der Waals surface area (Å²) in [7, 11) is 0. The van der Waals surface area contributed by atoms with Gasteiger partial charge in [-0.25, -0.2) is 4.98 Å². The molecular formula is C11H13F3N4O. The van der Waals surface area contributed by atoms with Gasteiger partial charge in [0.2, 0.25) is 5.88 Å². The molecule has 0 fully saturated rings. The molecule has 0 amide bonds. The van der Waals surface area contributed by atoms with Crippen LogP contribution < -0.4 is 10.1 Å². The van der Waals surface area contributed by atoms with E-state index in [1.54, 1.807) is 12.1 Å². The van der Waals surface area contributed by atoms with Gasteiger partial charge in [0.15, 0.2) is 5.65 Å². The average molecular weight is 274 g/mol. The van der Waals surface area contributed by atoms with Gasteiger partial charge in [-0.05, 0) is 13.0 Å². The molecule has 2 aromatic rings. The van der Waals surface area contributed by atoms with Gasteiger partial charge < -0.3 is 15.0 Å². The number of fused-ring (bicyclic) bond motifs is 1. The first-order chi connectivity index (χ1) is 8.98. The Bertz CT molecular complexity index is 552. The first-order valence-corrected chi connectivity index (χ1v) is 5.74. The zero-order valence-electron chi connectivity index (χ0n) is 10.2. The summed E-state index contributed by atoms with van der Waals surface area (Å²) in [6.45, 7) is 1.27. The molecule has 0 aliphatic carbocycles. The van der Waals surface area contributed by atoms with E-state index in [2.05, 4.69) is 20.3 Å². The summed E-state index contributed by atoms with van der Waals surface area (Å²) in [4.78, 5) is 11.1. The Labute approximate surface area is 107 Å². The smallest absolute Gasteiger partial charge is 0.401 e. The Morgan fingerprint density at radius 1 is 1.32 bits per heavy atom. The van der Waals surface area contributed by atoms with Crippen LogP contribution in [0.15, 0.2) is 12.1 Å². The highest BCUT2D eigenvalue weighted by atomic mass is 19.4. The summed E-state index contributed by atoms with van der Waals surface area (Å²) >= 11 is 0. The Kier molecular flexibility index (Phi) is 3.89. The monoisotopic (exact) mass is 274 g/mol. The van der Waals surface area contributed by atoms with Gasteiger partial charge in [-0.1, -0.05) is 0 Å². The van der Waals surface area contributed by atoms with Crippen LogP contribution in [-0.4, -0.2) is 34.3 Å². The van der Waals surface area contributed by atoms with E-state index in [1.165, 1.54) is 0 Å². The normalized spacial score (nSPS) is 12.0. The van der Waals surface area contributed by atoms with Crippen molar-refractivity contribution in [2.45, 2.75) is 19.6 Å². The molecule has 0 saturated carbocycles. The maximum absolute atomic E-state index is 12.0. The molecule has 0 aliphatic heterocycles. The number of halogens is 3. The molecular weight excluding hydrogens is 261 g/mol. The van der Waals surface area contributed by atoms with Crippen molar-refractivity contribution in [2.24, 2.45) is 0 Å². The number of pyridine rings is 1. The molecule has 19 heavy (non-hydrogen) atoms. The minimum atomic E-state index is -4.23. The summed E-state index contributed by atoms with van der Waals surface area (Å²) in [5.74, 6) is 0.844. The molecule has 0 unspecified atom stereocenters. The van der Waals surface area contributed by atoms with E-state index >= 15 is 0 Å². The van der Waals surface area contributed by atoms with Crippen LogP contribution in [0.3, 0.4) is 0 Å². The number of hydrogen-bond acceptors (Lipinski definition) is 4. The number of H-pyrrole nitrogens is 1. The van der Waals surface area contributed by atoms with Gasteiger partial charge in [0.05, 0.1) is 25.2 Å². The number of ether oxygens (including phenoxy) is 1. The Balaban J connectivity index is 2.04. The Morgan fingerprint density at radius 2 is 2.11 bits per heavy atom. The van der Waals surface area contributed by atoms with Crippen molar-refractivity contribution < 1.29 is 17.9 Å². The molecule has 0 aliphatic rings. The lowest BCUT2D eigenvalue weighted by molar-refractivity contribution is -0.125. The van der Waals surface area contributed by atoms with E-state index < -0.39 is 12.7 Å². The number of aromatic nitrogens is 3. The highest BCUT2D eigenvalue weighted by Gasteiger charge is 2.26. The molecule has 0 aromatic carbocycles. The molecule has 104 valence electrons. The largest absolute Gasteiger partial charge is 0.478 e. The zero-order chi connectivity index (χ0) is 13.9. The maximum atomic E-state index is 12.0. The molecule has 2 rings (SSSR count). The van der Waals surface area contributed by atoms with Crippen molar-refractivity contribution in [3.8, 4) is 5.88 Å². The van der Waals surface area contributed by atoms with E-state index in [0.29, 0.717) is 29.5 Å². The summed E-state index contributed by atoms with van der Waals surface area (Å²) in [5.41, 5.74) is 1.09. The summed E-state index contributed by atoms with van der Waals surface area (Å²) in [6.07, 6.45) is -4.23. The third kappa shape index (κ3) is 3.82. The maximum Gasteiger partial charge on any atom is 0.401 e. The van der Waals surface area contributed by atoms with Crippen molar-refractivity contribution in [3.05, 3.63) is 18.0 Å². The second kappa shape index (κ2) is 5.43. The third-order valence-corrected chi connectivity index (χ3v) is 2.28. The molecule has 0 atom stereocenters. The lowest BCUT2D eigenvalue weighted by Gasteiger charge is -2.05. The number of imidazole rings is 1. The first-order valence-electron chi connectivity index (χ1n) is 5.74. The molecule has 2 heterocycles. The highest BCUT2D eigenvalue weighted by Crippen LogP contribution is 2.15. The topological polar surface area (TPSA) is 62.8 Å². The van der Waals surface area contributed by atoms with E-state index in [1.807, 2.05) is 6.92 Å². The number of aromatic amines is 1. The van der Waals surface area contributed by atoms with Crippen LogP contribution in [-0.2, 0) is 6.54 Å². The standard InChI is InChI=1S/C11H13F3N4O/c1-2-19-9-4-3-7-10(18-9)17-8(16-7)5-15-6-11(12,13)14/h3-4,15H,2,5-6H2,1H3,(H,16,17,18). The minimum Gasteiger partial charge on any atom is -0.478 e. The third-order valence-electron chi connectivity index (χ3n) is 2.28. The second-order valence-electron chi connectivity index (χ2n) is 3.86. The summed E-state index contributed by atoms with van der Waals surface area (Å²) in [5, 5.41) is 2.26. The van der Waals surface area contributed by atoms with Crippen LogP contribution in [0.4, 0.5) is 13.2 Å². The minimum absolute atomic E-state index is 0.000160. The molecule has 0 bridgehead atoms. The lowest BCUT2D eigenvalue weighted by Crippen LogP contribution is -2.28. The van der Waals surface area contributed by atoms with Gasteiger partial charge in [0.1, 0.15) is 5.82 Å². The molecule has 0 radical (unpaired) electrons. The summed E-state index contributed by atoms with van der Waals surface area (Å²) < 4.78 is 41.2. The number of hydrogen-bond donors (Lipinski definition) is 2. The van der Waals surface area contributed by atoms with Crippen LogP contribution >= 0.6 is 0 Å². The van der Waals surface area contributed by atoms with E-state index in [-0.39, 0.29) is 6.54 Å². The van der Waals surface area contributed by atoms with Gasteiger partial charge in [-0.2, -0.15) is 18.2 Å². The Hall–Kier alpha value is -1.83.